The van der Waals surface area contributed by atoms with Crippen LogP contribution >= 0.6 is 0 Å². The minimum absolute atomic E-state index is 0.605. The van der Waals surface area contributed by atoms with E-state index in [1.807, 2.05) is 0 Å². The molecular formula is C29H52. The van der Waals surface area contributed by atoms with Gasteiger partial charge in [-0.2, -0.15) is 0 Å². The van der Waals surface area contributed by atoms with Crippen molar-refractivity contribution in [3.05, 3.63) is 0 Å². The molecule has 0 spiro atoms. The highest BCUT2D eigenvalue weighted by atomic mass is 14.6. The van der Waals surface area contributed by atoms with Gasteiger partial charge in [0.05, 0.1) is 0 Å². The van der Waals surface area contributed by atoms with Crippen molar-refractivity contribution in [2.45, 2.75) is 119 Å². The number of fused-ring (bicyclic) bond motifs is 3. The summed E-state index contributed by atoms with van der Waals surface area (Å²) in [7, 11) is 0. The standard InChI is InChI=1S/C29H52/c1-7-9-21-17-26(22(10-8-2)16-20(21)4)23-12-14-25-24-13-11-19(3)15-27(24)29(5,6)28(25)18-23/h19-28H,7-18H2,1-6H3. The highest BCUT2D eigenvalue weighted by molar-refractivity contribution is 5.06. The van der Waals surface area contributed by atoms with Crippen LogP contribution in [0.5, 0.6) is 0 Å². The average Bonchev–Trinajstić information content (AvgIpc) is 2.91. The van der Waals surface area contributed by atoms with Gasteiger partial charge in [-0.25, -0.2) is 0 Å². The molecule has 0 aromatic heterocycles. The molecule has 10 unspecified atom stereocenters. The molecule has 0 amide bonds. The van der Waals surface area contributed by atoms with Gasteiger partial charge in [0.25, 0.3) is 0 Å². The van der Waals surface area contributed by atoms with Crippen molar-refractivity contribution in [2.24, 2.45) is 64.6 Å². The Morgan fingerprint density at radius 2 is 1.28 bits per heavy atom. The lowest BCUT2D eigenvalue weighted by Gasteiger charge is -2.48. The third kappa shape index (κ3) is 4.09. The van der Waals surface area contributed by atoms with E-state index in [-0.39, 0.29) is 0 Å². The van der Waals surface area contributed by atoms with Crippen LogP contribution in [0.2, 0.25) is 0 Å². The molecule has 0 aliphatic heterocycles. The minimum Gasteiger partial charge on any atom is -0.0654 e. The molecule has 10 atom stereocenters. The molecule has 4 aliphatic rings. The van der Waals surface area contributed by atoms with E-state index in [0.717, 1.165) is 59.2 Å². The van der Waals surface area contributed by atoms with Crippen LogP contribution in [0, 0.1) is 64.6 Å². The zero-order valence-corrected chi connectivity index (χ0v) is 20.8. The summed E-state index contributed by atoms with van der Waals surface area (Å²) in [6.07, 6.45) is 18.3. The number of rotatable bonds is 5. The molecule has 0 heteroatoms. The van der Waals surface area contributed by atoms with Crippen LogP contribution < -0.4 is 0 Å². The number of hydrogen-bond donors (Lipinski definition) is 0. The Kier molecular flexibility index (Phi) is 6.78. The molecule has 4 saturated carbocycles. The van der Waals surface area contributed by atoms with E-state index in [4.69, 9.17) is 0 Å². The van der Waals surface area contributed by atoms with Crippen molar-refractivity contribution >= 4 is 0 Å². The van der Waals surface area contributed by atoms with Crippen molar-refractivity contribution in [3.63, 3.8) is 0 Å². The van der Waals surface area contributed by atoms with Crippen LogP contribution in [-0.2, 0) is 0 Å². The summed E-state index contributed by atoms with van der Waals surface area (Å²) in [6, 6.07) is 0. The summed E-state index contributed by atoms with van der Waals surface area (Å²) < 4.78 is 0. The lowest BCUT2D eigenvalue weighted by molar-refractivity contribution is 0.0138. The summed E-state index contributed by atoms with van der Waals surface area (Å²) in [4.78, 5) is 0. The second-order valence-corrected chi connectivity index (χ2v) is 13.1. The van der Waals surface area contributed by atoms with Crippen molar-refractivity contribution in [1.82, 2.24) is 0 Å². The zero-order valence-electron chi connectivity index (χ0n) is 20.8. The normalized spacial score (nSPS) is 49.4. The molecule has 0 nitrogen and oxygen atoms in total. The molecule has 0 bridgehead atoms. The lowest BCUT2D eigenvalue weighted by Crippen LogP contribution is -2.40. The molecule has 0 saturated heterocycles. The van der Waals surface area contributed by atoms with E-state index < -0.39 is 0 Å². The molecule has 4 fully saturated rings. The van der Waals surface area contributed by atoms with E-state index in [1.165, 1.54) is 38.5 Å². The van der Waals surface area contributed by atoms with Crippen LogP contribution in [0.1, 0.15) is 119 Å². The molecule has 168 valence electrons. The predicted octanol–water partition coefficient (Wildman–Crippen LogP) is 8.99. The summed E-state index contributed by atoms with van der Waals surface area (Å²) in [6.45, 7) is 15.4. The molecule has 0 N–H and O–H groups in total. The summed E-state index contributed by atoms with van der Waals surface area (Å²) in [5.74, 6) is 10.4. The fraction of sp³-hybridized carbons (Fsp3) is 1.00. The van der Waals surface area contributed by atoms with Crippen LogP contribution in [0.3, 0.4) is 0 Å². The average molecular weight is 401 g/mol. The monoisotopic (exact) mass is 400 g/mol. The van der Waals surface area contributed by atoms with Crippen LogP contribution in [0.4, 0.5) is 0 Å². The Bertz CT molecular complexity index is 532. The van der Waals surface area contributed by atoms with E-state index in [9.17, 15) is 0 Å². The van der Waals surface area contributed by atoms with Gasteiger partial charge >= 0.3 is 0 Å². The van der Waals surface area contributed by atoms with Crippen molar-refractivity contribution < 1.29 is 0 Å². The largest absolute Gasteiger partial charge is 0.0654 e. The van der Waals surface area contributed by atoms with Crippen molar-refractivity contribution in [1.29, 1.82) is 0 Å². The van der Waals surface area contributed by atoms with E-state index >= 15 is 0 Å². The highest BCUT2D eigenvalue weighted by Gasteiger charge is 2.57. The molecule has 4 rings (SSSR count). The maximum atomic E-state index is 2.70. The molecule has 0 aromatic rings. The van der Waals surface area contributed by atoms with Gasteiger partial charge in [0, 0.05) is 0 Å². The fourth-order valence-corrected chi connectivity index (χ4v) is 9.70. The first-order chi connectivity index (χ1) is 13.9. The molecule has 0 heterocycles. The van der Waals surface area contributed by atoms with E-state index in [1.54, 1.807) is 38.5 Å². The molecular weight excluding hydrogens is 348 g/mol. The molecule has 0 radical (unpaired) electrons. The van der Waals surface area contributed by atoms with Gasteiger partial charge in [-0.1, -0.05) is 73.6 Å². The third-order valence-corrected chi connectivity index (χ3v) is 11.2. The van der Waals surface area contributed by atoms with E-state index in [2.05, 4.69) is 41.5 Å². The van der Waals surface area contributed by atoms with E-state index in [0.29, 0.717) is 5.41 Å². The van der Waals surface area contributed by atoms with Crippen molar-refractivity contribution in [2.75, 3.05) is 0 Å². The van der Waals surface area contributed by atoms with Gasteiger partial charge in [0.2, 0.25) is 0 Å². The second-order valence-electron chi connectivity index (χ2n) is 13.1. The second kappa shape index (κ2) is 8.86. The Morgan fingerprint density at radius 1 is 0.655 bits per heavy atom. The Morgan fingerprint density at radius 3 is 1.97 bits per heavy atom. The smallest absolute Gasteiger partial charge is 0.0292 e. The predicted molar refractivity (Wildman–Crippen MR) is 127 cm³/mol. The van der Waals surface area contributed by atoms with Crippen LogP contribution in [0.25, 0.3) is 0 Å². The highest BCUT2D eigenvalue weighted by Crippen LogP contribution is 2.65. The quantitative estimate of drug-likeness (QED) is 0.432. The lowest BCUT2D eigenvalue weighted by atomic mass is 9.57. The topological polar surface area (TPSA) is 0 Å². The van der Waals surface area contributed by atoms with Crippen LogP contribution in [-0.4, -0.2) is 0 Å². The summed E-state index contributed by atoms with van der Waals surface area (Å²) >= 11 is 0. The SMILES string of the molecule is CCCC1CC(C2CCC3C4CCC(C)CC4C(C)(C)C3C2)C(CCC)CC1C. The zero-order chi connectivity index (χ0) is 20.8. The van der Waals surface area contributed by atoms with Gasteiger partial charge in [-0.05, 0) is 110 Å². The van der Waals surface area contributed by atoms with Gasteiger partial charge < -0.3 is 0 Å². The van der Waals surface area contributed by atoms with Gasteiger partial charge in [0.15, 0.2) is 0 Å². The van der Waals surface area contributed by atoms with Crippen LogP contribution in [0.15, 0.2) is 0 Å². The van der Waals surface area contributed by atoms with Gasteiger partial charge in [-0.15, -0.1) is 0 Å². The van der Waals surface area contributed by atoms with Gasteiger partial charge in [-0.3, -0.25) is 0 Å². The Balaban J connectivity index is 1.51. The first-order valence-corrected chi connectivity index (χ1v) is 13.9. The summed E-state index contributed by atoms with van der Waals surface area (Å²) in [5.41, 5.74) is 0.605. The number of hydrogen-bond acceptors (Lipinski definition) is 0. The first-order valence-electron chi connectivity index (χ1n) is 13.9. The Hall–Kier alpha value is 0. The van der Waals surface area contributed by atoms with Gasteiger partial charge in [0.1, 0.15) is 0 Å². The maximum absolute atomic E-state index is 2.70. The fourth-order valence-electron chi connectivity index (χ4n) is 9.70. The molecule has 4 aliphatic carbocycles. The summed E-state index contributed by atoms with van der Waals surface area (Å²) in [5, 5.41) is 0. The molecule has 29 heavy (non-hydrogen) atoms. The molecule has 0 aromatic carbocycles. The Labute approximate surface area is 183 Å². The third-order valence-electron chi connectivity index (χ3n) is 11.2. The maximum Gasteiger partial charge on any atom is -0.0292 e. The minimum atomic E-state index is 0.605. The first kappa shape index (κ1) is 22.2. The van der Waals surface area contributed by atoms with Crippen molar-refractivity contribution in [3.8, 4) is 0 Å².